The van der Waals surface area contributed by atoms with Crippen molar-refractivity contribution in [3.05, 3.63) is 237 Å². The first-order valence-corrected chi connectivity index (χ1v) is 23.0. The van der Waals surface area contributed by atoms with Crippen LogP contribution < -0.4 is 4.90 Å². The van der Waals surface area contributed by atoms with Gasteiger partial charge in [0.2, 0.25) is 0 Å². The maximum absolute atomic E-state index is 6.39. The summed E-state index contributed by atoms with van der Waals surface area (Å²) < 4.78 is 8.95. The third-order valence-electron chi connectivity index (χ3n) is 13.1. The van der Waals surface area contributed by atoms with Gasteiger partial charge < -0.3 is 9.32 Å². The van der Waals surface area contributed by atoms with Gasteiger partial charge in [0.15, 0.2) is 0 Å². The molecule has 2 nitrogen and oxygen atoms in total. The summed E-state index contributed by atoms with van der Waals surface area (Å²) in [7, 11) is 0. The molecule has 0 amide bonds. The van der Waals surface area contributed by atoms with Gasteiger partial charge >= 0.3 is 0 Å². The monoisotopic (exact) mass is 845 g/mol. The smallest absolute Gasteiger partial charge is 0.143 e. The van der Waals surface area contributed by atoms with Crippen LogP contribution in [0.3, 0.4) is 0 Å². The number of furan rings is 1. The Morgan fingerprint density at radius 2 is 0.815 bits per heavy atom. The molecule has 0 saturated heterocycles. The molecule has 2 heterocycles. The Bertz CT molecular complexity index is 3920. The van der Waals surface area contributed by atoms with E-state index >= 15 is 0 Å². The maximum Gasteiger partial charge on any atom is 0.143 e. The lowest BCUT2D eigenvalue weighted by Gasteiger charge is -2.26. The van der Waals surface area contributed by atoms with Crippen LogP contribution in [0.5, 0.6) is 0 Å². The van der Waals surface area contributed by atoms with Gasteiger partial charge in [-0.25, -0.2) is 0 Å². The largest absolute Gasteiger partial charge is 0.455 e. The summed E-state index contributed by atoms with van der Waals surface area (Å²) in [6, 6.07) is 85.8. The zero-order valence-electron chi connectivity index (χ0n) is 35.3. The second-order valence-corrected chi connectivity index (χ2v) is 17.8. The van der Waals surface area contributed by atoms with Crippen LogP contribution in [0.4, 0.5) is 17.1 Å². The predicted octanol–water partition coefficient (Wildman–Crippen LogP) is 18.4. The number of nitrogens with zero attached hydrogens (tertiary/aromatic N) is 1. The van der Waals surface area contributed by atoms with Crippen molar-refractivity contribution in [1.82, 2.24) is 0 Å². The minimum atomic E-state index is 0.913. The summed E-state index contributed by atoms with van der Waals surface area (Å²) in [6.07, 6.45) is 0. The van der Waals surface area contributed by atoms with Gasteiger partial charge in [-0.15, -0.1) is 11.3 Å². The molecule has 0 atom stereocenters. The molecule has 0 aliphatic heterocycles. The number of thiophene rings is 1. The summed E-state index contributed by atoms with van der Waals surface area (Å²) >= 11 is 1.88. The van der Waals surface area contributed by atoms with Crippen LogP contribution in [-0.4, -0.2) is 0 Å². The van der Waals surface area contributed by atoms with Crippen molar-refractivity contribution in [2.24, 2.45) is 0 Å². The van der Waals surface area contributed by atoms with Crippen molar-refractivity contribution in [3.63, 3.8) is 0 Å². The third kappa shape index (κ3) is 6.24. The van der Waals surface area contributed by atoms with E-state index in [1.165, 1.54) is 64.0 Å². The minimum Gasteiger partial charge on any atom is -0.455 e. The van der Waals surface area contributed by atoms with Gasteiger partial charge in [-0.1, -0.05) is 194 Å². The molecule has 13 rings (SSSR count). The van der Waals surface area contributed by atoms with Crippen LogP contribution in [-0.2, 0) is 0 Å². The molecule has 0 fully saturated rings. The van der Waals surface area contributed by atoms with E-state index in [0.29, 0.717) is 0 Å². The van der Waals surface area contributed by atoms with Crippen molar-refractivity contribution in [1.29, 1.82) is 0 Å². The Kier molecular flexibility index (Phi) is 8.75. The summed E-state index contributed by atoms with van der Waals surface area (Å²) in [4.78, 5) is 2.43. The van der Waals surface area contributed by atoms with Gasteiger partial charge in [-0.3, -0.25) is 0 Å². The molecule has 0 N–H and O–H groups in total. The van der Waals surface area contributed by atoms with Gasteiger partial charge in [0.1, 0.15) is 11.2 Å². The van der Waals surface area contributed by atoms with Crippen LogP contribution in [0, 0.1) is 0 Å². The van der Waals surface area contributed by atoms with Crippen molar-refractivity contribution in [2.75, 3.05) is 4.90 Å². The maximum atomic E-state index is 6.39. The highest BCUT2D eigenvalue weighted by atomic mass is 32.1. The number of hydrogen-bond donors (Lipinski definition) is 0. The molecular weight excluding hydrogens is 807 g/mol. The van der Waals surface area contributed by atoms with E-state index in [9.17, 15) is 0 Å². The fourth-order valence-corrected chi connectivity index (χ4v) is 11.3. The topological polar surface area (TPSA) is 16.4 Å². The van der Waals surface area contributed by atoms with E-state index in [0.717, 1.165) is 61.3 Å². The zero-order valence-corrected chi connectivity index (χ0v) is 36.1. The van der Waals surface area contributed by atoms with Gasteiger partial charge in [0.25, 0.3) is 0 Å². The van der Waals surface area contributed by atoms with Crippen LogP contribution in [0.1, 0.15) is 0 Å². The average Bonchev–Trinajstić information content (AvgIpc) is 3.97. The summed E-state index contributed by atoms with van der Waals surface area (Å²) in [5, 5.41) is 9.89. The molecule has 0 radical (unpaired) electrons. The van der Waals surface area contributed by atoms with Crippen molar-refractivity contribution in [3.8, 4) is 44.5 Å². The van der Waals surface area contributed by atoms with Crippen LogP contribution in [0.2, 0.25) is 0 Å². The Labute approximate surface area is 380 Å². The second-order valence-electron chi connectivity index (χ2n) is 16.8. The average molecular weight is 846 g/mol. The van der Waals surface area contributed by atoms with Gasteiger partial charge in [-0.05, 0) is 103 Å². The Morgan fingerprint density at radius 1 is 0.308 bits per heavy atom. The summed E-state index contributed by atoms with van der Waals surface area (Å²) in [6.45, 7) is 0. The molecule has 0 unspecified atom stereocenters. The normalized spacial score (nSPS) is 11.7. The standard InChI is InChI=1S/C62H39NOS/c1-2-13-42(14-3-1)50-21-11-23-55-56-24-12-25-58(62(56)65-61(50)55)63(47-37-33-44(34-38-47)57-39-45-15-4-5-16-48(45)51-17-6-7-18-52(51)57)46-35-31-41(32-36-46)40-27-29-43(30-28-40)49-20-10-22-54-53-19-8-9-26-59(53)64-60(49)54/h1-39H. The molecular formula is C62H39NOS. The number of benzene rings is 11. The number of hydrogen-bond acceptors (Lipinski definition) is 3. The molecule has 0 bridgehead atoms. The lowest BCUT2D eigenvalue weighted by molar-refractivity contribution is 0.670. The number of rotatable bonds is 7. The summed E-state index contributed by atoms with van der Waals surface area (Å²) in [5.41, 5.74) is 14.7. The first-order chi connectivity index (χ1) is 32.2. The Balaban J connectivity index is 0.919. The highest BCUT2D eigenvalue weighted by molar-refractivity contribution is 7.27. The third-order valence-corrected chi connectivity index (χ3v) is 14.4. The number of fused-ring (bicyclic) bond motifs is 9. The molecule has 0 saturated carbocycles. The summed E-state index contributed by atoms with van der Waals surface area (Å²) in [5.74, 6) is 0. The predicted molar refractivity (Wildman–Crippen MR) is 278 cm³/mol. The molecule has 3 heteroatoms. The van der Waals surface area contributed by atoms with Crippen LogP contribution >= 0.6 is 11.3 Å². The van der Waals surface area contributed by atoms with Crippen LogP contribution in [0.25, 0.3) is 108 Å². The van der Waals surface area contributed by atoms with Gasteiger partial charge in [0.05, 0.1) is 10.4 Å². The fourth-order valence-electron chi connectivity index (χ4n) is 9.96. The molecule has 2 aromatic heterocycles. The SMILES string of the molecule is c1ccc(-c2cccc3c2sc2c(N(c4ccc(-c5ccc(-c6cccc7c6oc6ccccc67)cc5)cc4)c4ccc(-c5cc6ccccc6c6ccccc56)cc4)cccc23)cc1. The van der Waals surface area contributed by atoms with E-state index in [-0.39, 0.29) is 0 Å². The molecule has 0 aliphatic carbocycles. The highest BCUT2D eigenvalue weighted by Gasteiger charge is 2.20. The van der Waals surface area contributed by atoms with E-state index in [4.69, 9.17) is 4.42 Å². The Hall–Kier alpha value is -8.24. The quantitative estimate of drug-likeness (QED) is 0.149. The fraction of sp³-hybridized carbons (Fsp3) is 0. The van der Waals surface area contributed by atoms with E-state index < -0.39 is 0 Å². The lowest BCUT2D eigenvalue weighted by Crippen LogP contribution is -2.10. The number of para-hydroxylation sites is 2. The van der Waals surface area contributed by atoms with Crippen LogP contribution in [0.15, 0.2) is 241 Å². The molecule has 304 valence electrons. The molecule has 65 heavy (non-hydrogen) atoms. The van der Waals surface area contributed by atoms with Gasteiger partial charge in [-0.2, -0.15) is 0 Å². The first-order valence-electron chi connectivity index (χ1n) is 22.2. The lowest BCUT2D eigenvalue weighted by atomic mass is 9.93. The van der Waals surface area contributed by atoms with Crippen molar-refractivity contribution >= 4 is 92.1 Å². The van der Waals surface area contributed by atoms with E-state index in [2.05, 4.69) is 229 Å². The molecule has 0 aliphatic rings. The van der Waals surface area contributed by atoms with Crippen molar-refractivity contribution < 1.29 is 4.42 Å². The van der Waals surface area contributed by atoms with Gasteiger partial charge in [0, 0.05) is 43.2 Å². The molecule has 0 spiro atoms. The molecule has 11 aromatic carbocycles. The minimum absolute atomic E-state index is 0.913. The zero-order chi connectivity index (χ0) is 42.8. The second kappa shape index (κ2) is 15.2. The Morgan fingerprint density at radius 3 is 1.57 bits per heavy atom. The van der Waals surface area contributed by atoms with E-state index in [1.807, 2.05) is 23.5 Å². The highest BCUT2D eigenvalue weighted by Crippen LogP contribution is 2.48. The van der Waals surface area contributed by atoms with E-state index in [1.54, 1.807) is 0 Å². The molecule has 13 aromatic rings. The first kappa shape index (κ1) is 37.3. The van der Waals surface area contributed by atoms with Crippen molar-refractivity contribution in [2.45, 2.75) is 0 Å². The number of anilines is 3.